The van der Waals surface area contributed by atoms with Gasteiger partial charge in [-0.2, -0.15) is 0 Å². The van der Waals surface area contributed by atoms with Crippen molar-refractivity contribution in [1.29, 1.82) is 0 Å². The van der Waals surface area contributed by atoms with Gasteiger partial charge in [-0.25, -0.2) is 0 Å². The fraction of sp³-hybridized carbons (Fsp3) is 0.188. The minimum Gasteiger partial charge on any atom is -0.508 e. The molecule has 116 valence electrons. The summed E-state index contributed by atoms with van der Waals surface area (Å²) in [6.07, 6.45) is -1.37. The van der Waals surface area contributed by atoms with E-state index in [9.17, 15) is 25.2 Å². The summed E-state index contributed by atoms with van der Waals surface area (Å²) in [5, 5.41) is 38.5. The Morgan fingerprint density at radius 1 is 1.09 bits per heavy atom. The largest absolute Gasteiger partial charge is 0.508 e. The lowest BCUT2D eigenvalue weighted by atomic mass is 9.98. The first kappa shape index (κ1) is 15.7. The summed E-state index contributed by atoms with van der Waals surface area (Å²) >= 11 is 0. The van der Waals surface area contributed by atoms with E-state index in [1.54, 1.807) is 0 Å². The smallest absolute Gasteiger partial charge is 0.173 e. The number of hydrogen-bond donors (Lipinski definition) is 4. The van der Waals surface area contributed by atoms with Crippen molar-refractivity contribution >= 4 is 5.78 Å². The van der Waals surface area contributed by atoms with Crippen LogP contribution in [0.2, 0.25) is 0 Å². The maximum atomic E-state index is 12.3. The zero-order chi connectivity index (χ0) is 16.3. The zero-order valence-corrected chi connectivity index (χ0v) is 11.9. The Morgan fingerprint density at radius 3 is 2.32 bits per heavy atom. The first-order valence-corrected chi connectivity index (χ1v) is 6.52. The number of phenols is 3. The molecule has 0 aliphatic heterocycles. The summed E-state index contributed by atoms with van der Waals surface area (Å²) in [6, 6.07) is 8.05. The molecule has 0 aromatic heterocycles. The molecule has 1 atom stereocenters. The monoisotopic (exact) mass is 304 g/mol. The van der Waals surface area contributed by atoms with Gasteiger partial charge in [-0.15, -0.1) is 0 Å². The summed E-state index contributed by atoms with van der Waals surface area (Å²) in [5.74, 6) is -1.10. The summed E-state index contributed by atoms with van der Waals surface area (Å²) < 4.78 is 4.98. The molecule has 0 aliphatic rings. The first-order valence-electron chi connectivity index (χ1n) is 6.52. The first-order chi connectivity index (χ1) is 10.4. The number of ketones is 1. The average Bonchev–Trinajstić information content (AvgIpc) is 2.46. The number of benzene rings is 2. The number of phenolic OH excluding ortho intramolecular Hbond substituents is 3. The normalized spacial score (nSPS) is 11.9. The van der Waals surface area contributed by atoms with Crippen molar-refractivity contribution < 1.29 is 30.0 Å². The highest BCUT2D eigenvalue weighted by Gasteiger charge is 2.22. The lowest BCUT2D eigenvalue weighted by molar-refractivity contribution is 0.0874. The highest BCUT2D eigenvalue weighted by molar-refractivity contribution is 6.01. The molecule has 0 spiro atoms. The Morgan fingerprint density at radius 2 is 1.73 bits per heavy atom. The van der Waals surface area contributed by atoms with Crippen molar-refractivity contribution in [2.75, 3.05) is 7.11 Å². The van der Waals surface area contributed by atoms with Crippen molar-refractivity contribution in [3.05, 3.63) is 47.5 Å². The van der Waals surface area contributed by atoms with E-state index in [0.717, 1.165) is 6.07 Å². The minimum absolute atomic E-state index is 0.0282. The molecule has 22 heavy (non-hydrogen) atoms. The van der Waals surface area contributed by atoms with Crippen LogP contribution in [-0.4, -0.2) is 33.3 Å². The average molecular weight is 304 g/mol. The van der Waals surface area contributed by atoms with Gasteiger partial charge in [0.15, 0.2) is 5.78 Å². The third kappa shape index (κ3) is 3.29. The molecule has 6 heteroatoms. The van der Waals surface area contributed by atoms with Crippen LogP contribution in [-0.2, 0) is 0 Å². The molecule has 0 amide bonds. The molecule has 0 fully saturated rings. The van der Waals surface area contributed by atoms with Crippen molar-refractivity contribution in [2.45, 2.75) is 12.5 Å². The summed E-state index contributed by atoms with van der Waals surface area (Å²) in [7, 11) is 1.31. The second kappa shape index (κ2) is 6.36. The number of aliphatic hydroxyl groups excluding tert-OH is 1. The van der Waals surface area contributed by atoms with Gasteiger partial charge in [0.05, 0.1) is 13.2 Å². The number of Topliss-reactive ketones (excluding diaryl/α,β-unsaturated/α-hetero) is 1. The highest BCUT2D eigenvalue weighted by Crippen LogP contribution is 2.35. The van der Waals surface area contributed by atoms with Gasteiger partial charge in [0.25, 0.3) is 0 Å². The number of hydrogen-bond acceptors (Lipinski definition) is 6. The van der Waals surface area contributed by atoms with E-state index >= 15 is 0 Å². The number of carbonyl (C=O) groups excluding carboxylic acids is 1. The molecule has 1 unspecified atom stereocenters. The second-order valence-electron chi connectivity index (χ2n) is 4.78. The Labute approximate surface area is 126 Å². The number of carbonyl (C=O) groups is 1. The van der Waals surface area contributed by atoms with Crippen molar-refractivity contribution in [3.63, 3.8) is 0 Å². The molecule has 2 aromatic carbocycles. The van der Waals surface area contributed by atoms with Crippen LogP contribution in [0.4, 0.5) is 0 Å². The van der Waals surface area contributed by atoms with Crippen LogP contribution in [0.25, 0.3) is 0 Å². The fourth-order valence-electron chi connectivity index (χ4n) is 2.12. The molecule has 0 saturated carbocycles. The second-order valence-corrected chi connectivity index (χ2v) is 4.78. The number of rotatable bonds is 5. The van der Waals surface area contributed by atoms with Crippen molar-refractivity contribution in [3.8, 4) is 23.0 Å². The van der Waals surface area contributed by atoms with Gasteiger partial charge in [-0.05, 0) is 17.7 Å². The quantitative estimate of drug-likeness (QED) is 0.630. The molecule has 0 saturated heterocycles. The van der Waals surface area contributed by atoms with Crippen LogP contribution in [0.1, 0.15) is 28.4 Å². The minimum atomic E-state index is -1.09. The van der Waals surface area contributed by atoms with Gasteiger partial charge in [-0.1, -0.05) is 12.1 Å². The van der Waals surface area contributed by atoms with E-state index in [-0.39, 0.29) is 29.2 Å². The maximum Gasteiger partial charge on any atom is 0.173 e. The number of methoxy groups -OCH3 is 1. The van der Waals surface area contributed by atoms with Crippen LogP contribution in [0.15, 0.2) is 36.4 Å². The standard InChI is InChI=1S/C16H16O6/c1-22-15-7-11(18)6-13(20)16(15)14(21)8-12(19)9-2-4-10(17)5-3-9/h2-7,12,17-20H,8H2,1H3. The van der Waals surface area contributed by atoms with Crippen LogP contribution in [0, 0.1) is 0 Å². The Bertz CT molecular complexity index is 678. The molecule has 0 aliphatic carbocycles. The molecule has 2 aromatic rings. The predicted molar refractivity (Wildman–Crippen MR) is 78.3 cm³/mol. The van der Waals surface area contributed by atoms with Gasteiger partial charge in [0, 0.05) is 18.6 Å². The highest BCUT2D eigenvalue weighted by atomic mass is 16.5. The molecule has 6 nitrogen and oxygen atoms in total. The zero-order valence-electron chi connectivity index (χ0n) is 11.9. The lowest BCUT2D eigenvalue weighted by Crippen LogP contribution is -2.09. The maximum absolute atomic E-state index is 12.3. The molecular formula is C16H16O6. The predicted octanol–water partition coefficient (Wildman–Crippen LogP) is 2.12. The summed E-state index contributed by atoms with van der Waals surface area (Å²) in [4.78, 5) is 12.3. The number of aliphatic hydroxyl groups is 1. The third-order valence-electron chi connectivity index (χ3n) is 3.22. The van der Waals surface area contributed by atoms with Crippen molar-refractivity contribution in [2.24, 2.45) is 0 Å². The van der Waals surface area contributed by atoms with E-state index in [1.165, 1.54) is 37.4 Å². The molecular weight excluding hydrogens is 288 g/mol. The summed E-state index contributed by atoms with van der Waals surface area (Å²) in [5.41, 5.74) is 0.363. The van der Waals surface area contributed by atoms with Crippen molar-refractivity contribution in [1.82, 2.24) is 0 Å². The molecule has 0 radical (unpaired) electrons. The molecule has 2 rings (SSSR count). The Kier molecular flexibility index (Phi) is 4.53. The van der Waals surface area contributed by atoms with Gasteiger partial charge in [-0.3, -0.25) is 4.79 Å². The molecule has 0 heterocycles. The van der Waals surface area contributed by atoms with Crippen LogP contribution in [0.3, 0.4) is 0 Å². The van der Waals surface area contributed by atoms with E-state index in [0.29, 0.717) is 5.56 Å². The lowest BCUT2D eigenvalue weighted by Gasteiger charge is -2.13. The van der Waals surface area contributed by atoms with Gasteiger partial charge in [0.1, 0.15) is 28.6 Å². The van der Waals surface area contributed by atoms with E-state index in [1.807, 2.05) is 0 Å². The number of ether oxygens (including phenoxy) is 1. The number of aromatic hydroxyl groups is 3. The summed E-state index contributed by atoms with van der Waals surface area (Å²) in [6.45, 7) is 0. The van der Waals surface area contributed by atoms with E-state index in [4.69, 9.17) is 4.74 Å². The fourth-order valence-corrected chi connectivity index (χ4v) is 2.12. The van der Waals surface area contributed by atoms with Gasteiger partial charge < -0.3 is 25.2 Å². The molecule has 4 N–H and O–H groups in total. The van der Waals surface area contributed by atoms with Crippen LogP contribution >= 0.6 is 0 Å². The van der Waals surface area contributed by atoms with Crippen LogP contribution < -0.4 is 4.74 Å². The Hall–Kier alpha value is -2.73. The third-order valence-corrected chi connectivity index (χ3v) is 3.22. The van der Waals surface area contributed by atoms with E-state index < -0.39 is 17.6 Å². The topological polar surface area (TPSA) is 107 Å². The van der Waals surface area contributed by atoms with E-state index in [2.05, 4.69) is 0 Å². The molecule has 0 bridgehead atoms. The van der Waals surface area contributed by atoms with Gasteiger partial charge in [0.2, 0.25) is 0 Å². The van der Waals surface area contributed by atoms with Crippen LogP contribution in [0.5, 0.6) is 23.0 Å². The van der Waals surface area contributed by atoms with Gasteiger partial charge >= 0.3 is 0 Å². The SMILES string of the molecule is COc1cc(O)cc(O)c1C(=O)CC(O)c1ccc(O)cc1. The Balaban J connectivity index is 2.24.